The van der Waals surface area contributed by atoms with Gasteiger partial charge in [0.15, 0.2) is 0 Å². The topological polar surface area (TPSA) is 113 Å². The van der Waals surface area contributed by atoms with Crippen molar-refractivity contribution >= 4 is 17.5 Å². The Morgan fingerprint density at radius 1 is 1.35 bits per heavy atom. The zero-order chi connectivity index (χ0) is 16.8. The fraction of sp³-hybridized carbons (Fsp3) is 0.267. The number of anilines is 1. The molecule has 0 aliphatic heterocycles. The second-order valence-electron chi connectivity index (χ2n) is 5.10. The lowest BCUT2D eigenvalue weighted by molar-refractivity contribution is -0.116. The number of hydrogen-bond donors (Lipinski definition) is 2. The van der Waals surface area contributed by atoms with E-state index in [2.05, 4.69) is 20.7 Å². The Morgan fingerprint density at radius 2 is 2.09 bits per heavy atom. The number of carbonyl (C=O) groups is 2. The summed E-state index contributed by atoms with van der Waals surface area (Å²) in [7, 11) is 0. The predicted octanol–water partition coefficient (Wildman–Crippen LogP) is 0.927. The van der Waals surface area contributed by atoms with E-state index in [1.807, 2.05) is 13.8 Å². The highest BCUT2D eigenvalue weighted by Gasteiger charge is 2.14. The summed E-state index contributed by atoms with van der Waals surface area (Å²) in [5, 5.41) is 17.9. The van der Waals surface area contributed by atoms with Gasteiger partial charge in [0.05, 0.1) is 11.3 Å². The van der Waals surface area contributed by atoms with Crippen LogP contribution < -0.4 is 10.6 Å². The molecular weight excluding hydrogens is 296 g/mol. The predicted molar refractivity (Wildman–Crippen MR) is 82.4 cm³/mol. The van der Waals surface area contributed by atoms with Crippen molar-refractivity contribution in [3.63, 3.8) is 0 Å². The fourth-order valence-corrected chi connectivity index (χ4v) is 1.89. The molecular formula is C15H16N6O2. The number of hydrogen-bond acceptors (Lipinski definition) is 5. The number of nitrogens with one attached hydrogen (secondary N) is 2. The Labute approximate surface area is 133 Å². The second kappa shape index (κ2) is 7.17. The summed E-state index contributed by atoms with van der Waals surface area (Å²) in [4.78, 5) is 27.9. The van der Waals surface area contributed by atoms with Gasteiger partial charge in [-0.2, -0.15) is 5.26 Å². The number of rotatable bonds is 5. The van der Waals surface area contributed by atoms with Crippen molar-refractivity contribution in [3.05, 3.63) is 42.0 Å². The molecule has 2 aromatic rings. The smallest absolute Gasteiger partial charge is 0.253 e. The van der Waals surface area contributed by atoms with Crippen LogP contribution >= 0.6 is 0 Å². The van der Waals surface area contributed by atoms with Crippen LogP contribution in [-0.2, 0) is 11.3 Å². The molecule has 2 N–H and O–H groups in total. The summed E-state index contributed by atoms with van der Waals surface area (Å²) in [6, 6.07) is 8.51. The van der Waals surface area contributed by atoms with Gasteiger partial charge in [0.25, 0.3) is 11.7 Å². The Bertz CT molecular complexity index is 759. The van der Waals surface area contributed by atoms with Gasteiger partial charge in [-0.15, -0.1) is 5.10 Å². The zero-order valence-electron chi connectivity index (χ0n) is 12.8. The first-order valence-corrected chi connectivity index (χ1v) is 6.99. The molecule has 0 spiro atoms. The molecule has 1 aromatic carbocycles. The average molecular weight is 312 g/mol. The van der Waals surface area contributed by atoms with Crippen LogP contribution in [0.3, 0.4) is 0 Å². The second-order valence-corrected chi connectivity index (χ2v) is 5.10. The van der Waals surface area contributed by atoms with Crippen LogP contribution in [0.25, 0.3) is 0 Å². The normalized spacial score (nSPS) is 10.2. The zero-order valence-corrected chi connectivity index (χ0v) is 12.8. The highest BCUT2D eigenvalue weighted by atomic mass is 16.2. The van der Waals surface area contributed by atoms with Crippen LogP contribution in [-0.4, -0.2) is 32.6 Å². The van der Waals surface area contributed by atoms with Crippen LogP contribution in [0.15, 0.2) is 30.6 Å². The molecule has 1 aromatic heterocycles. The van der Waals surface area contributed by atoms with E-state index in [9.17, 15) is 9.59 Å². The molecule has 0 aliphatic rings. The lowest BCUT2D eigenvalue weighted by atomic mass is 10.1. The van der Waals surface area contributed by atoms with Crippen LogP contribution in [0.5, 0.6) is 0 Å². The fourth-order valence-electron chi connectivity index (χ4n) is 1.89. The number of para-hydroxylation sites is 1. The van der Waals surface area contributed by atoms with Gasteiger partial charge in [0, 0.05) is 6.04 Å². The summed E-state index contributed by atoms with van der Waals surface area (Å²) in [6.45, 7) is 3.61. The summed E-state index contributed by atoms with van der Waals surface area (Å²) < 4.78 is 1.25. The molecule has 0 aliphatic carbocycles. The molecule has 0 radical (unpaired) electrons. The highest BCUT2D eigenvalue weighted by molar-refractivity contribution is 6.03. The molecule has 1 heterocycles. The Kier molecular flexibility index (Phi) is 5.04. The Hall–Kier alpha value is -3.21. The van der Waals surface area contributed by atoms with Crippen molar-refractivity contribution in [1.29, 1.82) is 5.26 Å². The van der Waals surface area contributed by atoms with E-state index in [1.54, 1.807) is 30.3 Å². The minimum absolute atomic E-state index is 0.00508. The third-order valence-electron chi connectivity index (χ3n) is 2.81. The molecule has 0 bridgehead atoms. The van der Waals surface area contributed by atoms with Crippen molar-refractivity contribution in [1.82, 2.24) is 20.1 Å². The van der Waals surface area contributed by atoms with Gasteiger partial charge >= 0.3 is 0 Å². The summed E-state index contributed by atoms with van der Waals surface area (Å²) >= 11 is 0. The molecule has 23 heavy (non-hydrogen) atoms. The molecule has 0 saturated carbocycles. The van der Waals surface area contributed by atoms with Gasteiger partial charge in [-0.1, -0.05) is 12.1 Å². The molecule has 0 saturated heterocycles. The lowest BCUT2D eigenvalue weighted by Gasteiger charge is -2.13. The van der Waals surface area contributed by atoms with E-state index in [1.165, 1.54) is 11.0 Å². The van der Waals surface area contributed by atoms with Crippen LogP contribution in [0.1, 0.15) is 30.0 Å². The van der Waals surface area contributed by atoms with Crippen LogP contribution in [0.4, 0.5) is 5.69 Å². The molecule has 0 unspecified atom stereocenters. The minimum atomic E-state index is -0.371. The van der Waals surface area contributed by atoms with Crippen molar-refractivity contribution in [2.75, 3.05) is 5.32 Å². The first-order valence-electron chi connectivity index (χ1n) is 6.99. The molecule has 0 fully saturated rings. The molecule has 118 valence electrons. The Morgan fingerprint density at radius 3 is 2.74 bits per heavy atom. The summed E-state index contributed by atoms with van der Waals surface area (Å²) in [5.74, 6) is -0.637. The standard InChI is InChI=1S/C15H16N6O2/c1-10(2)18-15(23)11-5-3-4-6-12(11)19-14(22)8-21-9-17-13(7-16)20-21/h3-6,9-10H,8H2,1-2H3,(H,18,23)(H,19,22). The van der Waals surface area contributed by atoms with E-state index < -0.39 is 0 Å². The Balaban J connectivity index is 2.09. The molecule has 2 amide bonds. The maximum Gasteiger partial charge on any atom is 0.253 e. The quantitative estimate of drug-likeness (QED) is 0.852. The SMILES string of the molecule is CC(C)NC(=O)c1ccccc1NC(=O)Cn1cnc(C#N)n1. The van der Waals surface area contributed by atoms with E-state index in [4.69, 9.17) is 5.26 Å². The first kappa shape index (κ1) is 16.2. The van der Waals surface area contributed by atoms with E-state index in [0.717, 1.165) is 0 Å². The van der Waals surface area contributed by atoms with Gasteiger partial charge in [0.2, 0.25) is 5.91 Å². The third-order valence-corrected chi connectivity index (χ3v) is 2.81. The first-order chi connectivity index (χ1) is 11.0. The van der Waals surface area contributed by atoms with Crippen LogP contribution in [0, 0.1) is 11.3 Å². The van der Waals surface area contributed by atoms with E-state index in [-0.39, 0.29) is 30.2 Å². The van der Waals surface area contributed by atoms with E-state index in [0.29, 0.717) is 11.3 Å². The summed E-state index contributed by atoms with van der Waals surface area (Å²) in [6.07, 6.45) is 1.30. The van der Waals surface area contributed by atoms with Crippen molar-refractivity contribution in [2.24, 2.45) is 0 Å². The van der Waals surface area contributed by atoms with Gasteiger partial charge in [0.1, 0.15) is 18.9 Å². The van der Waals surface area contributed by atoms with Gasteiger partial charge in [-0.3, -0.25) is 9.59 Å². The number of carbonyl (C=O) groups excluding carboxylic acids is 2. The van der Waals surface area contributed by atoms with Crippen LogP contribution in [0.2, 0.25) is 0 Å². The van der Waals surface area contributed by atoms with Crippen molar-refractivity contribution in [3.8, 4) is 6.07 Å². The third kappa shape index (κ3) is 4.38. The number of benzene rings is 1. The van der Waals surface area contributed by atoms with E-state index >= 15 is 0 Å². The number of aromatic nitrogens is 3. The average Bonchev–Trinajstić information content (AvgIpc) is 2.94. The molecule has 2 rings (SSSR count). The van der Waals surface area contributed by atoms with Gasteiger partial charge in [-0.25, -0.2) is 9.67 Å². The largest absolute Gasteiger partial charge is 0.350 e. The van der Waals surface area contributed by atoms with Gasteiger partial charge < -0.3 is 10.6 Å². The monoisotopic (exact) mass is 312 g/mol. The molecule has 0 atom stereocenters. The van der Waals surface area contributed by atoms with Crippen molar-refractivity contribution in [2.45, 2.75) is 26.4 Å². The highest BCUT2D eigenvalue weighted by Crippen LogP contribution is 2.15. The maximum absolute atomic E-state index is 12.1. The lowest BCUT2D eigenvalue weighted by Crippen LogP contribution is -2.31. The number of amides is 2. The van der Waals surface area contributed by atoms with Crippen molar-refractivity contribution < 1.29 is 9.59 Å². The molecule has 8 heteroatoms. The maximum atomic E-state index is 12.1. The number of nitriles is 1. The summed E-state index contributed by atoms with van der Waals surface area (Å²) in [5.41, 5.74) is 0.794. The number of nitrogens with zero attached hydrogens (tertiary/aromatic N) is 4. The van der Waals surface area contributed by atoms with Gasteiger partial charge in [-0.05, 0) is 26.0 Å². The minimum Gasteiger partial charge on any atom is -0.350 e. The molecule has 8 nitrogen and oxygen atoms in total.